The third-order valence-electron chi connectivity index (χ3n) is 2.50. The molecule has 0 aliphatic carbocycles. The van der Waals surface area contributed by atoms with Gasteiger partial charge in [0.15, 0.2) is 11.5 Å². The van der Waals surface area contributed by atoms with Gasteiger partial charge in [-0.2, -0.15) is 5.10 Å². The molecule has 0 saturated carbocycles. The van der Waals surface area contributed by atoms with Gasteiger partial charge in [-0.1, -0.05) is 0 Å². The maximum atomic E-state index is 5.71. The molecule has 1 heterocycles. The van der Waals surface area contributed by atoms with Crippen molar-refractivity contribution in [3.05, 3.63) is 22.7 Å². The topological polar surface area (TPSA) is 73.2 Å². The van der Waals surface area contributed by atoms with E-state index in [0.717, 1.165) is 15.7 Å². The Morgan fingerprint density at radius 3 is 2.53 bits per heavy atom. The SMILES string of the molecule is COc1cc(-c2cc(N)n[nH]2)c(Br)cc1OC(C)C. The maximum Gasteiger partial charge on any atom is 0.162 e. The Kier molecular flexibility index (Phi) is 3.99. The molecule has 1 aromatic carbocycles. The number of benzene rings is 1. The van der Waals surface area contributed by atoms with E-state index < -0.39 is 0 Å². The molecular formula is C13H16BrN3O2. The van der Waals surface area contributed by atoms with Crippen molar-refractivity contribution in [1.29, 1.82) is 0 Å². The summed E-state index contributed by atoms with van der Waals surface area (Å²) in [6.45, 7) is 3.94. The fourth-order valence-corrected chi connectivity index (χ4v) is 2.26. The van der Waals surface area contributed by atoms with E-state index in [2.05, 4.69) is 26.1 Å². The third kappa shape index (κ3) is 3.01. The van der Waals surface area contributed by atoms with Crippen LogP contribution in [0.5, 0.6) is 11.5 Å². The highest BCUT2D eigenvalue weighted by Gasteiger charge is 2.14. The number of hydrogen-bond acceptors (Lipinski definition) is 4. The highest BCUT2D eigenvalue weighted by Crippen LogP contribution is 2.38. The molecule has 0 aliphatic heterocycles. The number of nitrogen functional groups attached to an aromatic ring is 1. The van der Waals surface area contributed by atoms with Crippen LogP contribution >= 0.6 is 15.9 Å². The Morgan fingerprint density at radius 1 is 1.26 bits per heavy atom. The van der Waals surface area contributed by atoms with Crippen molar-refractivity contribution < 1.29 is 9.47 Å². The molecule has 0 amide bonds. The zero-order chi connectivity index (χ0) is 14.0. The van der Waals surface area contributed by atoms with Crippen molar-refractivity contribution in [1.82, 2.24) is 10.2 Å². The summed E-state index contributed by atoms with van der Waals surface area (Å²) >= 11 is 3.52. The number of anilines is 1. The number of ether oxygens (including phenoxy) is 2. The van der Waals surface area contributed by atoms with Gasteiger partial charge in [0.25, 0.3) is 0 Å². The molecule has 0 fully saturated rings. The second-order valence-electron chi connectivity index (χ2n) is 4.36. The summed E-state index contributed by atoms with van der Waals surface area (Å²) in [5.41, 5.74) is 7.35. The number of halogens is 1. The lowest BCUT2D eigenvalue weighted by Crippen LogP contribution is -2.06. The van der Waals surface area contributed by atoms with Crippen molar-refractivity contribution in [2.45, 2.75) is 20.0 Å². The number of methoxy groups -OCH3 is 1. The van der Waals surface area contributed by atoms with Crippen LogP contribution in [0, 0.1) is 0 Å². The Hall–Kier alpha value is -1.69. The average molecular weight is 326 g/mol. The standard InChI is InChI=1S/C13H16BrN3O2/c1-7(2)19-12-5-9(14)8(4-11(12)18-3)10-6-13(15)17-16-10/h4-7H,1-3H3,(H3,15,16,17). The predicted octanol–water partition coefficient (Wildman–Crippen LogP) is 3.22. The molecule has 0 bridgehead atoms. The first-order valence-corrected chi connectivity index (χ1v) is 6.66. The minimum atomic E-state index is 0.0782. The lowest BCUT2D eigenvalue weighted by molar-refractivity contribution is 0.230. The molecule has 0 spiro atoms. The van der Waals surface area contributed by atoms with Gasteiger partial charge in [-0.05, 0) is 41.9 Å². The summed E-state index contributed by atoms with van der Waals surface area (Å²) in [6, 6.07) is 5.53. The summed E-state index contributed by atoms with van der Waals surface area (Å²) in [5, 5.41) is 6.79. The van der Waals surface area contributed by atoms with E-state index in [1.165, 1.54) is 0 Å². The molecule has 5 nitrogen and oxygen atoms in total. The number of hydrogen-bond donors (Lipinski definition) is 2. The molecule has 2 aromatic rings. The van der Waals surface area contributed by atoms with E-state index in [4.69, 9.17) is 15.2 Å². The van der Waals surface area contributed by atoms with E-state index in [1.54, 1.807) is 13.2 Å². The van der Waals surface area contributed by atoms with Gasteiger partial charge < -0.3 is 15.2 Å². The highest BCUT2D eigenvalue weighted by molar-refractivity contribution is 9.10. The lowest BCUT2D eigenvalue weighted by Gasteiger charge is -2.15. The molecule has 0 saturated heterocycles. The van der Waals surface area contributed by atoms with Crippen LogP contribution in [0.3, 0.4) is 0 Å². The predicted molar refractivity (Wildman–Crippen MR) is 78.5 cm³/mol. The first kappa shape index (κ1) is 13.7. The lowest BCUT2D eigenvalue weighted by atomic mass is 10.1. The van der Waals surface area contributed by atoms with Crippen molar-refractivity contribution in [3.8, 4) is 22.8 Å². The molecule has 2 rings (SSSR count). The molecular weight excluding hydrogens is 310 g/mol. The first-order chi connectivity index (χ1) is 9.01. The van der Waals surface area contributed by atoms with Crippen molar-refractivity contribution in [2.75, 3.05) is 12.8 Å². The van der Waals surface area contributed by atoms with E-state index in [9.17, 15) is 0 Å². The van der Waals surface area contributed by atoms with Gasteiger partial charge >= 0.3 is 0 Å². The molecule has 3 N–H and O–H groups in total. The van der Waals surface area contributed by atoms with Gasteiger partial charge in [-0.25, -0.2) is 0 Å². The van der Waals surface area contributed by atoms with E-state index in [0.29, 0.717) is 17.3 Å². The van der Waals surface area contributed by atoms with Crippen LogP contribution in [0.25, 0.3) is 11.3 Å². The molecule has 0 unspecified atom stereocenters. The Balaban J connectivity index is 2.47. The van der Waals surface area contributed by atoms with Crippen LogP contribution < -0.4 is 15.2 Å². The zero-order valence-electron chi connectivity index (χ0n) is 11.0. The minimum Gasteiger partial charge on any atom is -0.493 e. The number of aromatic nitrogens is 2. The summed E-state index contributed by atoms with van der Waals surface area (Å²) in [5.74, 6) is 1.81. The molecule has 102 valence electrons. The number of rotatable bonds is 4. The second kappa shape index (κ2) is 5.52. The normalized spacial score (nSPS) is 10.8. The molecule has 6 heteroatoms. The molecule has 0 atom stereocenters. The second-order valence-corrected chi connectivity index (χ2v) is 5.21. The van der Waals surface area contributed by atoms with Gasteiger partial charge in [0.1, 0.15) is 5.82 Å². The summed E-state index contributed by atoms with van der Waals surface area (Å²) < 4.78 is 11.9. The van der Waals surface area contributed by atoms with Gasteiger partial charge in [0.05, 0.1) is 18.9 Å². The smallest absolute Gasteiger partial charge is 0.162 e. The highest BCUT2D eigenvalue weighted by atomic mass is 79.9. The van der Waals surface area contributed by atoms with Crippen LogP contribution in [0.1, 0.15) is 13.8 Å². The number of nitrogens with one attached hydrogen (secondary N) is 1. The fraction of sp³-hybridized carbons (Fsp3) is 0.308. The van der Waals surface area contributed by atoms with Crippen LogP contribution in [-0.4, -0.2) is 23.4 Å². The van der Waals surface area contributed by atoms with Crippen molar-refractivity contribution >= 4 is 21.7 Å². The molecule has 1 aromatic heterocycles. The van der Waals surface area contributed by atoms with E-state index >= 15 is 0 Å². The summed E-state index contributed by atoms with van der Waals surface area (Å²) in [6.07, 6.45) is 0.0782. The van der Waals surface area contributed by atoms with Gasteiger partial charge in [-0.3, -0.25) is 5.10 Å². The van der Waals surface area contributed by atoms with Crippen LogP contribution in [0.2, 0.25) is 0 Å². The number of H-pyrrole nitrogens is 1. The fourth-order valence-electron chi connectivity index (χ4n) is 1.72. The van der Waals surface area contributed by atoms with E-state index in [-0.39, 0.29) is 6.10 Å². The Morgan fingerprint density at radius 2 is 2.00 bits per heavy atom. The number of nitrogens with zero attached hydrogens (tertiary/aromatic N) is 1. The third-order valence-corrected chi connectivity index (χ3v) is 3.16. The Bertz CT molecular complexity index is 581. The molecule has 0 aliphatic rings. The van der Waals surface area contributed by atoms with Gasteiger partial charge in [0.2, 0.25) is 0 Å². The van der Waals surface area contributed by atoms with Crippen LogP contribution in [-0.2, 0) is 0 Å². The van der Waals surface area contributed by atoms with Crippen molar-refractivity contribution in [2.24, 2.45) is 0 Å². The Labute approximate surface area is 120 Å². The number of aromatic amines is 1. The first-order valence-electron chi connectivity index (χ1n) is 5.86. The van der Waals surface area contributed by atoms with E-state index in [1.807, 2.05) is 26.0 Å². The summed E-state index contributed by atoms with van der Waals surface area (Å²) in [7, 11) is 1.61. The molecule has 19 heavy (non-hydrogen) atoms. The average Bonchev–Trinajstić information content (AvgIpc) is 2.75. The largest absolute Gasteiger partial charge is 0.493 e. The van der Waals surface area contributed by atoms with Gasteiger partial charge in [-0.15, -0.1) is 0 Å². The zero-order valence-corrected chi connectivity index (χ0v) is 12.6. The minimum absolute atomic E-state index is 0.0782. The van der Waals surface area contributed by atoms with Crippen LogP contribution in [0.4, 0.5) is 5.82 Å². The monoisotopic (exact) mass is 325 g/mol. The number of nitrogens with two attached hydrogens (primary N) is 1. The quantitative estimate of drug-likeness (QED) is 0.905. The maximum absolute atomic E-state index is 5.71. The van der Waals surface area contributed by atoms with Gasteiger partial charge in [0, 0.05) is 16.1 Å². The summed E-state index contributed by atoms with van der Waals surface area (Å²) in [4.78, 5) is 0. The van der Waals surface area contributed by atoms with Crippen molar-refractivity contribution in [3.63, 3.8) is 0 Å². The van der Waals surface area contributed by atoms with Crippen LogP contribution in [0.15, 0.2) is 22.7 Å². The molecule has 0 radical (unpaired) electrons.